The van der Waals surface area contributed by atoms with Gasteiger partial charge in [-0.3, -0.25) is 0 Å². The SMILES string of the molecule is CCOC(=O)c1sc(SCc2ccccc2)c2c1CC(c1ccc(F)cc1)C/C2=N\O. The van der Waals surface area contributed by atoms with Crippen LogP contribution in [0.2, 0.25) is 0 Å². The summed E-state index contributed by atoms with van der Waals surface area (Å²) in [5.74, 6) is 0.0932. The normalized spacial score (nSPS) is 16.8. The third kappa shape index (κ3) is 4.67. The van der Waals surface area contributed by atoms with Gasteiger partial charge < -0.3 is 9.94 Å². The Morgan fingerprint density at radius 3 is 2.61 bits per heavy atom. The zero-order valence-corrected chi connectivity index (χ0v) is 18.6. The number of rotatable bonds is 6. The smallest absolute Gasteiger partial charge is 0.348 e. The first-order chi connectivity index (χ1) is 15.1. The second-order valence-corrected chi connectivity index (χ2v) is 9.53. The highest BCUT2D eigenvalue weighted by Gasteiger charge is 2.34. The third-order valence-electron chi connectivity index (χ3n) is 5.29. The zero-order chi connectivity index (χ0) is 21.8. The summed E-state index contributed by atoms with van der Waals surface area (Å²) in [5, 5.41) is 13.4. The van der Waals surface area contributed by atoms with Crippen LogP contribution < -0.4 is 0 Å². The highest BCUT2D eigenvalue weighted by Crippen LogP contribution is 2.45. The molecule has 1 N–H and O–H groups in total. The molecule has 1 unspecified atom stereocenters. The van der Waals surface area contributed by atoms with E-state index in [1.807, 2.05) is 18.2 Å². The van der Waals surface area contributed by atoms with Crippen LogP contribution in [0.1, 0.15) is 51.2 Å². The van der Waals surface area contributed by atoms with Gasteiger partial charge >= 0.3 is 5.97 Å². The number of carbonyl (C=O) groups excluding carboxylic acids is 1. The van der Waals surface area contributed by atoms with Crippen molar-refractivity contribution in [2.45, 2.75) is 35.6 Å². The number of halogens is 1. The summed E-state index contributed by atoms with van der Waals surface area (Å²) < 4.78 is 19.6. The van der Waals surface area contributed by atoms with Gasteiger partial charge in [-0.15, -0.1) is 23.1 Å². The van der Waals surface area contributed by atoms with Crippen molar-refractivity contribution < 1.29 is 19.1 Å². The number of hydrogen-bond acceptors (Lipinski definition) is 6. The monoisotopic (exact) mass is 455 g/mol. The van der Waals surface area contributed by atoms with Gasteiger partial charge in [0, 0.05) is 17.7 Å². The lowest BCUT2D eigenvalue weighted by Gasteiger charge is -2.25. The Kier molecular flexibility index (Phi) is 6.73. The molecule has 31 heavy (non-hydrogen) atoms. The maximum absolute atomic E-state index is 13.4. The van der Waals surface area contributed by atoms with E-state index in [4.69, 9.17) is 4.74 Å². The van der Waals surface area contributed by atoms with Gasteiger partial charge in [-0.2, -0.15) is 0 Å². The topological polar surface area (TPSA) is 58.9 Å². The van der Waals surface area contributed by atoms with Crippen LogP contribution in [0.3, 0.4) is 0 Å². The Hall–Kier alpha value is -2.64. The van der Waals surface area contributed by atoms with Crippen molar-refractivity contribution in [2.75, 3.05) is 6.61 Å². The molecule has 7 heteroatoms. The fourth-order valence-corrected chi connectivity index (χ4v) is 6.35. The molecule has 0 fully saturated rings. The summed E-state index contributed by atoms with van der Waals surface area (Å²) in [4.78, 5) is 13.3. The molecule has 1 aromatic heterocycles. The van der Waals surface area contributed by atoms with Crippen LogP contribution in [0.15, 0.2) is 64.0 Å². The van der Waals surface area contributed by atoms with Crippen LogP contribution in [-0.4, -0.2) is 23.5 Å². The van der Waals surface area contributed by atoms with Gasteiger partial charge in [0.2, 0.25) is 0 Å². The molecular weight excluding hydrogens is 433 g/mol. The van der Waals surface area contributed by atoms with Gasteiger partial charge in [0.25, 0.3) is 0 Å². The van der Waals surface area contributed by atoms with E-state index in [0.29, 0.717) is 30.0 Å². The minimum absolute atomic E-state index is 0.00579. The summed E-state index contributed by atoms with van der Waals surface area (Å²) in [6, 6.07) is 16.5. The molecule has 0 saturated carbocycles. The van der Waals surface area contributed by atoms with Gasteiger partial charge in [0.05, 0.1) is 16.5 Å². The summed E-state index contributed by atoms with van der Waals surface area (Å²) in [6.45, 7) is 2.07. The molecule has 1 aliphatic rings. The van der Waals surface area contributed by atoms with E-state index in [0.717, 1.165) is 26.7 Å². The molecule has 0 saturated heterocycles. The molecule has 1 aliphatic carbocycles. The van der Waals surface area contributed by atoms with Crippen molar-refractivity contribution >= 4 is 34.8 Å². The summed E-state index contributed by atoms with van der Waals surface area (Å²) in [7, 11) is 0. The Morgan fingerprint density at radius 2 is 1.94 bits per heavy atom. The number of benzene rings is 2. The van der Waals surface area contributed by atoms with E-state index >= 15 is 0 Å². The fourth-order valence-electron chi connectivity index (χ4n) is 3.83. The molecule has 3 aromatic rings. The predicted octanol–water partition coefficient (Wildman–Crippen LogP) is 6.26. The highest BCUT2D eigenvalue weighted by molar-refractivity contribution is 8.00. The molecule has 0 spiro atoms. The average molecular weight is 456 g/mol. The molecule has 0 aliphatic heterocycles. The lowest BCUT2D eigenvalue weighted by molar-refractivity contribution is 0.0530. The van der Waals surface area contributed by atoms with E-state index in [1.54, 1.807) is 30.8 Å². The van der Waals surface area contributed by atoms with Gasteiger partial charge in [0.1, 0.15) is 10.7 Å². The quantitative estimate of drug-likeness (QED) is 0.206. The standard InChI is InChI=1S/C24H22FNO3S2/c1-2-29-23(27)22-19-12-17(16-8-10-18(25)11-9-16)13-20(26-28)21(19)24(31-22)30-14-15-6-4-3-5-7-15/h3-11,17,28H,2,12-14H2,1H3/b26-20+. The first kappa shape index (κ1) is 21.6. The maximum Gasteiger partial charge on any atom is 0.348 e. The number of oxime groups is 1. The van der Waals surface area contributed by atoms with Crippen LogP contribution >= 0.6 is 23.1 Å². The van der Waals surface area contributed by atoms with Crippen molar-refractivity contribution in [1.29, 1.82) is 0 Å². The van der Waals surface area contributed by atoms with E-state index < -0.39 is 0 Å². The first-order valence-corrected chi connectivity index (χ1v) is 11.9. The third-order valence-corrected chi connectivity index (χ3v) is 7.84. The van der Waals surface area contributed by atoms with E-state index in [-0.39, 0.29) is 17.7 Å². The van der Waals surface area contributed by atoms with Gasteiger partial charge in [0.15, 0.2) is 0 Å². The number of nitrogens with zero attached hydrogens (tertiary/aromatic N) is 1. The minimum Gasteiger partial charge on any atom is -0.462 e. The average Bonchev–Trinajstić information content (AvgIpc) is 3.17. The first-order valence-electron chi connectivity index (χ1n) is 10.1. The van der Waals surface area contributed by atoms with E-state index in [2.05, 4.69) is 17.3 Å². The van der Waals surface area contributed by atoms with Crippen molar-refractivity contribution in [1.82, 2.24) is 0 Å². The molecule has 0 bridgehead atoms. The molecule has 1 heterocycles. The number of thioether (sulfide) groups is 1. The molecule has 1 atom stereocenters. The van der Waals surface area contributed by atoms with Crippen LogP contribution in [0.5, 0.6) is 0 Å². The van der Waals surface area contributed by atoms with E-state index in [1.165, 1.54) is 29.0 Å². The predicted molar refractivity (Wildman–Crippen MR) is 122 cm³/mol. The van der Waals surface area contributed by atoms with Crippen molar-refractivity contribution in [3.63, 3.8) is 0 Å². The second kappa shape index (κ2) is 9.66. The minimum atomic E-state index is -0.354. The number of hydrogen-bond donors (Lipinski definition) is 1. The number of esters is 1. The summed E-state index contributed by atoms with van der Waals surface area (Å²) in [6.07, 6.45) is 1.13. The number of thiophene rings is 1. The molecule has 2 aromatic carbocycles. The van der Waals surface area contributed by atoms with Gasteiger partial charge in [-0.1, -0.05) is 47.6 Å². The Bertz CT molecular complexity index is 1090. The molecular formula is C24H22FNO3S2. The highest BCUT2D eigenvalue weighted by atomic mass is 32.2. The van der Waals surface area contributed by atoms with Crippen molar-refractivity contribution in [2.24, 2.45) is 5.16 Å². The summed E-state index contributed by atoms with van der Waals surface area (Å²) >= 11 is 3.03. The van der Waals surface area contributed by atoms with Crippen LogP contribution in [0.4, 0.5) is 4.39 Å². The van der Waals surface area contributed by atoms with Crippen LogP contribution in [0.25, 0.3) is 0 Å². The lowest BCUT2D eigenvalue weighted by atomic mass is 9.80. The Morgan fingerprint density at radius 1 is 1.19 bits per heavy atom. The van der Waals surface area contributed by atoms with Crippen LogP contribution in [0, 0.1) is 5.82 Å². The molecule has 4 nitrogen and oxygen atoms in total. The lowest BCUT2D eigenvalue weighted by Crippen LogP contribution is -2.21. The van der Waals surface area contributed by atoms with Crippen molar-refractivity contribution in [3.8, 4) is 0 Å². The Labute approximate surface area is 188 Å². The summed E-state index contributed by atoms with van der Waals surface area (Å²) in [5.41, 5.74) is 4.38. The Balaban J connectivity index is 1.72. The number of carbonyl (C=O) groups is 1. The van der Waals surface area contributed by atoms with Crippen molar-refractivity contribution in [3.05, 3.63) is 87.5 Å². The fraction of sp³-hybridized carbons (Fsp3) is 0.250. The van der Waals surface area contributed by atoms with Gasteiger partial charge in [-0.25, -0.2) is 9.18 Å². The molecule has 0 amide bonds. The zero-order valence-electron chi connectivity index (χ0n) is 17.0. The van der Waals surface area contributed by atoms with E-state index in [9.17, 15) is 14.4 Å². The molecule has 0 radical (unpaired) electrons. The number of fused-ring (bicyclic) bond motifs is 1. The molecule has 4 rings (SSSR count). The maximum atomic E-state index is 13.4. The number of ether oxygens (including phenoxy) is 1. The molecule has 160 valence electrons. The largest absolute Gasteiger partial charge is 0.462 e. The van der Waals surface area contributed by atoms with Gasteiger partial charge in [-0.05, 0) is 48.1 Å². The van der Waals surface area contributed by atoms with Crippen LogP contribution in [-0.2, 0) is 16.9 Å². The second-order valence-electron chi connectivity index (χ2n) is 7.27.